The minimum Gasteiger partial charge on any atom is -0.494 e. The van der Waals surface area contributed by atoms with Crippen LogP contribution in [0.15, 0.2) is 36.8 Å². The van der Waals surface area contributed by atoms with Gasteiger partial charge in [-0.15, -0.1) is 0 Å². The summed E-state index contributed by atoms with van der Waals surface area (Å²) in [6.07, 6.45) is 6.50. The van der Waals surface area contributed by atoms with Crippen LogP contribution in [0, 0.1) is 0 Å². The third-order valence-electron chi connectivity index (χ3n) is 3.97. The molecule has 0 radical (unpaired) electrons. The number of hydrogen-bond donors (Lipinski definition) is 1. The maximum Gasteiger partial charge on any atom is 0.119 e. The van der Waals surface area contributed by atoms with Crippen molar-refractivity contribution in [2.45, 2.75) is 45.3 Å². The maximum absolute atomic E-state index is 5.48. The van der Waals surface area contributed by atoms with Gasteiger partial charge in [0.05, 0.1) is 18.6 Å². The van der Waals surface area contributed by atoms with Gasteiger partial charge in [0.1, 0.15) is 5.75 Å². The topological polar surface area (TPSA) is 39.1 Å². The Hall–Kier alpha value is -1.81. The number of imidazole rings is 1. The van der Waals surface area contributed by atoms with E-state index < -0.39 is 0 Å². The van der Waals surface area contributed by atoms with Gasteiger partial charge < -0.3 is 14.6 Å². The zero-order valence-corrected chi connectivity index (χ0v) is 12.7. The number of aromatic nitrogens is 2. The number of nitrogens with one attached hydrogen (secondary N) is 1. The number of nitrogens with zero attached hydrogens (tertiary/aromatic N) is 2. The van der Waals surface area contributed by atoms with E-state index >= 15 is 0 Å². The lowest BCUT2D eigenvalue weighted by Crippen LogP contribution is -2.19. The van der Waals surface area contributed by atoms with Crippen LogP contribution in [0.4, 0.5) is 0 Å². The number of benzene rings is 1. The fraction of sp³-hybridized carbons (Fsp3) is 0.471. The van der Waals surface area contributed by atoms with Crippen molar-refractivity contribution in [3.63, 3.8) is 0 Å². The Morgan fingerprint density at radius 1 is 1.33 bits per heavy atom. The zero-order chi connectivity index (χ0) is 14.7. The Morgan fingerprint density at radius 2 is 2.10 bits per heavy atom. The summed E-state index contributed by atoms with van der Waals surface area (Å²) in [4.78, 5) is 4.27. The van der Waals surface area contributed by atoms with Gasteiger partial charge >= 0.3 is 0 Å². The first-order valence-corrected chi connectivity index (χ1v) is 7.74. The van der Waals surface area contributed by atoms with Crippen molar-refractivity contribution >= 4 is 0 Å². The molecule has 112 valence electrons. The molecule has 2 aromatic rings. The quantitative estimate of drug-likeness (QED) is 0.846. The highest BCUT2D eigenvalue weighted by molar-refractivity contribution is 5.29. The molecule has 1 aliphatic carbocycles. The Morgan fingerprint density at radius 3 is 2.76 bits per heavy atom. The lowest BCUT2D eigenvalue weighted by Gasteiger charge is -2.15. The van der Waals surface area contributed by atoms with Crippen molar-refractivity contribution in [1.29, 1.82) is 0 Å². The lowest BCUT2D eigenvalue weighted by atomic mass is 10.1. The summed E-state index contributed by atoms with van der Waals surface area (Å²) >= 11 is 0. The molecule has 0 aliphatic heterocycles. The van der Waals surface area contributed by atoms with Crippen LogP contribution in [0.25, 0.3) is 0 Å². The van der Waals surface area contributed by atoms with E-state index in [-0.39, 0.29) is 0 Å². The first-order chi connectivity index (χ1) is 10.3. The predicted molar refractivity (Wildman–Crippen MR) is 83.4 cm³/mol. The molecule has 0 amide bonds. The highest BCUT2D eigenvalue weighted by Gasteiger charge is 2.25. The molecular formula is C17H23N3O. The minimum atomic E-state index is 0.309. The molecule has 21 heavy (non-hydrogen) atoms. The molecule has 1 heterocycles. The Kier molecular flexibility index (Phi) is 4.25. The van der Waals surface area contributed by atoms with Crippen LogP contribution in [0.5, 0.6) is 5.75 Å². The molecule has 0 bridgehead atoms. The van der Waals surface area contributed by atoms with E-state index in [0.717, 1.165) is 12.3 Å². The first-order valence-electron chi connectivity index (χ1n) is 7.74. The second-order valence-corrected chi connectivity index (χ2v) is 5.63. The van der Waals surface area contributed by atoms with Gasteiger partial charge in [-0.3, -0.25) is 0 Å². The SMILES string of the molecule is CCOc1ccc(C(C)NCc2cncn2C2CC2)cc1. The Labute approximate surface area is 126 Å². The Bertz CT molecular complexity index is 572. The van der Waals surface area contributed by atoms with Gasteiger partial charge in [0.25, 0.3) is 0 Å². The van der Waals surface area contributed by atoms with Crippen molar-refractivity contribution in [3.05, 3.63) is 48.0 Å². The summed E-state index contributed by atoms with van der Waals surface area (Å²) in [5.41, 5.74) is 2.55. The van der Waals surface area contributed by atoms with E-state index in [2.05, 4.69) is 33.9 Å². The zero-order valence-electron chi connectivity index (χ0n) is 12.7. The fourth-order valence-electron chi connectivity index (χ4n) is 2.55. The molecule has 0 spiro atoms. The van der Waals surface area contributed by atoms with E-state index in [1.54, 1.807) is 0 Å². The van der Waals surface area contributed by atoms with Gasteiger partial charge in [-0.05, 0) is 44.4 Å². The molecule has 1 saturated carbocycles. The summed E-state index contributed by atoms with van der Waals surface area (Å²) in [5, 5.41) is 3.57. The molecule has 1 aliphatic rings. The largest absolute Gasteiger partial charge is 0.494 e. The van der Waals surface area contributed by atoms with E-state index in [4.69, 9.17) is 4.74 Å². The average molecular weight is 285 g/mol. The monoisotopic (exact) mass is 285 g/mol. The summed E-state index contributed by atoms with van der Waals surface area (Å²) in [6.45, 7) is 5.75. The fourth-order valence-corrected chi connectivity index (χ4v) is 2.55. The molecule has 4 nitrogen and oxygen atoms in total. The number of rotatable bonds is 7. The highest BCUT2D eigenvalue weighted by Crippen LogP contribution is 2.35. The molecule has 1 unspecified atom stereocenters. The standard InChI is InChI=1S/C17H23N3O/c1-3-21-17-8-4-14(5-9-17)13(2)19-11-16-10-18-12-20(16)15-6-7-15/h4-5,8-10,12-13,15,19H,3,6-7,11H2,1-2H3. The van der Waals surface area contributed by atoms with Crippen LogP contribution in [-0.4, -0.2) is 16.2 Å². The smallest absolute Gasteiger partial charge is 0.119 e. The van der Waals surface area contributed by atoms with Crippen LogP contribution >= 0.6 is 0 Å². The number of hydrogen-bond acceptors (Lipinski definition) is 3. The summed E-state index contributed by atoms with van der Waals surface area (Å²) < 4.78 is 7.78. The van der Waals surface area contributed by atoms with Crippen molar-refractivity contribution < 1.29 is 4.74 Å². The van der Waals surface area contributed by atoms with Crippen LogP contribution < -0.4 is 10.1 Å². The molecule has 1 aromatic carbocycles. The second-order valence-electron chi connectivity index (χ2n) is 5.63. The highest BCUT2D eigenvalue weighted by atomic mass is 16.5. The lowest BCUT2D eigenvalue weighted by molar-refractivity contribution is 0.340. The first kappa shape index (κ1) is 14.1. The summed E-state index contributed by atoms with van der Waals surface area (Å²) in [6, 6.07) is 9.31. The Balaban J connectivity index is 1.58. The van der Waals surface area contributed by atoms with Gasteiger partial charge in [-0.2, -0.15) is 0 Å². The molecule has 1 atom stereocenters. The molecule has 1 aromatic heterocycles. The third-order valence-corrected chi connectivity index (χ3v) is 3.97. The third kappa shape index (κ3) is 3.45. The van der Waals surface area contributed by atoms with Crippen LogP contribution in [-0.2, 0) is 6.54 Å². The summed E-state index contributed by atoms with van der Waals surface area (Å²) in [5.74, 6) is 0.931. The summed E-state index contributed by atoms with van der Waals surface area (Å²) in [7, 11) is 0. The maximum atomic E-state index is 5.48. The van der Waals surface area contributed by atoms with E-state index in [1.165, 1.54) is 24.1 Å². The molecule has 1 fully saturated rings. The van der Waals surface area contributed by atoms with Crippen LogP contribution in [0.1, 0.15) is 50.0 Å². The van der Waals surface area contributed by atoms with Gasteiger partial charge in [0, 0.05) is 24.8 Å². The normalized spacial score (nSPS) is 15.9. The predicted octanol–water partition coefficient (Wildman–Crippen LogP) is 3.47. The molecule has 3 rings (SSSR count). The molecule has 4 heteroatoms. The van der Waals surface area contributed by atoms with Crippen LogP contribution in [0.2, 0.25) is 0 Å². The van der Waals surface area contributed by atoms with Crippen LogP contribution in [0.3, 0.4) is 0 Å². The molecule has 1 N–H and O–H groups in total. The molecular weight excluding hydrogens is 262 g/mol. The average Bonchev–Trinajstić information content (AvgIpc) is 3.24. The van der Waals surface area contributed by atoms with Crippen molar-refractivity contribution in [3.8, 4) is 5.75 Å². The van der Waals surface area contributed by atoms with E-state index in [9.17, 15) is 0 Å². The van der Waals surface area contributed by atoms with Crippen molar-refractivity contribution in [2.75, 3.05) is 6.61 Å². The van der Waals surface area contributed by atoms with Gasteiger partial charge in [-0.1, -0.05) is 12.1 Å². The number of ether oxygens (including phenoxy) is 1. The second kappa shape index (κ2) is 6.31. The van der Waals surface area contributed by atoms with Gasteiger partial charge in [-0.25, -0.2) is 4.98 Å². The molecule has 0 saturated heterocycles. The van der Waals surface area contributed by atoms with Gasteiger partial charge in [0.2, 0.25) is 0 Å². The minimum absolute atomic E-state index is 0.309. The van der Waals surface area contributed by atoms with E-state index in [1.807, 2.05) is 31.6 Å². The van der Waals surface area contributed by atoms with E-state index in [0.29, 0.717) is 18.7 Å². The van der Waals surface area contributed by atoms with Gasteiger partial charge in [0.15, 0.2) is 0 Å². The van der Waals surface area contributed by atoms with Crippen molar-refractivity contribution in [1.82, 2.24) is 14.9 Å². The van der Waals surface area contributed by atoms with Crippen molar-refractivity contribution in [2.24, 2.45) is 0 Å².